The van der Waals surface area contributed by atoms with E-state index in [1.54, 1.807) is 11.3 Å². The summed E-state index contributed by atoms with van der Waals surface area (Å²) in [5, 5.41) is 4.29. The predicted octanol–water partition coefficient (Wildman–Crippen LogP) is 4.04. The van der Waals surface area contributed by atoms with Crippen molar-refractivity contribution in [1.29, 1.82) is 0 Å². The summed E-state index contributed by atoms with van der Waals surface area (Å²) < 4.78 is 0. The number of halogens is 1. The fraction of sp³-hybridized carbons (Fsp3) is 0.308. The van der Waals surface area contributed by atoms with Crippen LogP contribution in [0.2, 0.25) is 5.02 Å². The first-order chi connectivity index (χ1) is 8.70. The number of rotatable bonds is 5. The lowest BCUT2D eigenvalue weighted by Crippen LogP contribution is -2.12. The van der Waals surface area contributed by atoms with Crippen LogP contribution in [-0.4, -0.2) is 16.8 Å². The summed E-state index contributed by atoms with van der Waals surface area (Å²) in [6.07, 6.45) is 0. The smallest absolute Gasteiger partial charge is 0.125 e. The standard InChI is InChI=1S/C13H15ClN2S2/c1-9(6-15)17-7-10-8-18-13(16-10)11-4-2-3-5-12(11)14/h2-5,8-9H,6-7,15H2,1H3. The molecule has 0 amide bonds. The fourth-order valence-electron chi connectivity index (χ4n) is 1.43. The first-order valence-electron chi connectivity index (χ1n) is 5.71. The lowest BCUT2D eigenvalue weighted by atomic mass is 10.2. The fourth-order valence-corrected chi connectivity index (χ4v) is 3.41. The summed E-state index contributed by atoms with van der Waals surface area (Å²) in [4.78, 5) is 4.62. The number of aromatic nitrogens is 1. The molecule has 0 spiro atoms. The molecular formula is C13H15ClN2S2. The van der Waals surface area contributed by atoms with Gasteiger partial charge in [0.05, 0.1) is 10.7 Å². The number of nitrogens with zero attached hydrogens (tertiary/aromatic N) is 1. The van der Waals surface area contributed by atoms with Crippen LogP contribution in [0.1, 0.15) is 12.6 Å². The molecule has 0 bridgehead atoms. The van der Waals surface area contributed by atoms with Crippen molar-refractivity contribution in [2.24, 2.45) is 5.73 Å². The molecule has 2 aromatic rings. The number of thiazole rings is 1. The molecule has 18 heavy (non-hydrogen) atoms. The van der Waals surface area contributed by atoms with Crippen LogP contribution in [0.3, 0.4) is 0 Å². The van der Waals surface area contributed by atoms with Gasteiger partial charge in [0, 0.05) is 28.5 Å². The molecule has 0 aliphatic carbocycles. The molecule has 2 rings (SSSR count). The molecular weight excluding hydrogens is 284 g/mol. The SMILES string of the molecule is CC(CN)SCc1csc(-c2ccccc2Cl)n1. The summed E-state index contributed by atoms with van der Waals surface area (Å²) in [7, 11) is 0. The largest absolute Gasteiger partial charge is 0.329 e. The first kappa shape index (κ1) is 13.9. The van der Waals surface area contributed by atoms with Gasteiger partial charge in [0.2, 0.25) is 0 Å². The number of hydrogen-bond donors (Lipinski definition) is 1. The van der Waals surface area contributed by atoms with E-state index in [1.807, 2.05) is 36.0 Å². The Morgan fingerprint density at radius 1 is 1.44 bits per heavy atom. The monoisotopic (exact) mass is 298 g/mol. The van der Waals surface area contributed by atoms with Gasteiger partial charge in [-0.15, -0.1) is 11.3 Å². The quantitative estimate of drug-likeness (QED) is 0.905. The molecule has 0 aliphatic heterocycles. The lowest BCUT2D eigenvalue weighted by molar-refractivity contribution is 0.949. The van der Waals surface area contributed by atoms with Crippen molar-refractivity contribution in [2.45, 2.75) is 17.9 Å². The van der Waals surface area contributed by atoms with E-state index in [1.165, 1.54) is 0 Å². The van der Waals surface area contributed by atoms with Crippen LogP contribution < -0.4 is 5.73 Å². The molecule has 1 aromatic heterocycles. The van der Waals surface area contributed by atoms with Crippen molar-refractivity contribution >= 4 is 34.7 Å². The third-order valence-electron chi connectivity index (χ3n) is 2.50. The molecule has 0 saturated heterocycles. The maximum Gasteiger partial charge on any atom is 0.125 e. The summed E-state index contributed by atoms with van der Waals surface area (Å²) in [5.74, 6) is 0.902. The van der Waals surface area contributed by atoms with Gasteiger partial charge in [-0.2, -0.15) is 11.8 Å². The van der Waals surface area contributed by atoms with Crippen LogP contribution in [0, 0.1) is 0 Å². The Morgan fingerprint density at radius 2 is 2.22 bits per heavy atom. The van der Waals surface area contributed by atoms with Crippen LogP contribution in [0.5, 0.6) is 0 Å². The molecule has 5 heteroatoms. The Kier molecular flexibility index (Phi) is 5.06. The van der Waals surface area contributed by atoms with Gasteiger partial charge in [-0.25, -0.2) is 4.98 Å². The summed E-state index contributed by atoms with van der Waals surface area (Å²) in [5.41, 5.74) is 7.70. The average molecular weight is 299 g/mol. The molecule has 1 aromatic carbocycles. The van der Waals surface area contributed by atoms with Crippen molar-refractivity contribution < 1.29 is 0 Å². The lowest BCUT2D eigenvalue weighted by Gasteiger charge is -2.05. The van der Waals surface area contributed by atoms with Crippen molar-refractivity contribution in [3.05, 3.63) is 40.4 Å². The van der Waals surface area contributed by atoms with E-state index in [2.05, 4.69) is 17.3 Å². The van der Waals surface area contributed by atoms with E-state index < -0.39 is 0 Å². The van der Waals surface area contributed by atoms with Crippen molar-refractivity contribution in [2.75, 3.05) is 6.54 Å². The van der Waals surface area contributed by atoms with Crippen LogP contribution in [-0.2, 0) is 5.75 Å². The van der Waals surface area contributed by atoms with E-state index in [9.17, 15) is 0 Å². The van der Waals surface area contributed by atoms with E-state index in [0.29, 0.717) is 11.8 Å². The molecule has 2 N–H and O–H groups in total. The molecule has 1 heterocycles. The highest BCUT2D eigenvalue weighted by atomic mass is 35.5. The Morgan fingerprint density at radius 3 is 2.94 bits per heavy atom. The van der Waals surface area contributed by atoms with Crippen LogP contribution in [0.25, 0.3) is 10.6 Å². The summed E-state index contributed by atoms with van der Waals surface area (Å²) in [6.45, 7) is 2.83. The van der Waals surface area contributed by atoms with Gasteiger partial charge in [0.25, 0.3) is 0 Å². The van der Waals surface area contributed by atoms with Gasteiger partial charge >= 0.3 is 0 Å². The topological polar surface area (TPSA) is 38.9 Å². The summed E-state index contributed by atoms with van der Waals surface area (Å²) >= 11 is 9.63. The number of benzene rings is 1. The van der Waals surface area contributed by atoms with Gasteiger partial charge in [0.1, 0.15) is 5.01 Å². The van der Waals surface area contributed by atoms with E-state index >= 15 is 0 Å². The highest BCUT2D eigenvalue weighted by Crippen LogP contribution is 2.31. The zero-order valence-electron chi connectivity index (χ0n) is 10.1. The highest BCUT2D eigenvalue weighted by Gasteiger charge is 2.09. The van der Waals surface area contributed by atoms with Crippen molar-refractivity contribution in [1.82, 2.24) is 4.98 Å². The molecule has 1 unspecified atom stereocenters. The summed E-state index contributed by atoms with van der Waals surface area (Å²) in [6, 6.07) is 7.80. The Labute approximate surface area is 121 Å². The van der Waals surface area contributed by atoms with Crippen molar-refractivity contribution in [3.8, 4) is 10.6 Å². The van der Waals surface area contributed by atoms with E-state index in [-0.39, 0.29) is 0 Å². The minimum atomic E-state index is 0.468. The van der Waals surface area contributed by atoms with Crippen LogP contribution >= 0.6 is 34.7 Å². The number of hydrogen-bond acceptors (Lipinski definition) is 4. The van der Waals surface area contributed by atoms with Crippen LogP contribution in [0.15, 0.2) is 29.6 Å². The third kappa shape index (κ3) is 3.48. The average Bonchev–Trinajstić information content (AvgIpc) is 2.85. The second-order valence-corrected chi connectivity index (χ2v) is 6.67. The van der Waals surface area contributed by atoms with E-state index in [0.717, 1.165) is 27.0 Å². The highest BCUT2D eigenvalue weighted by molar-refractivity contribution is 7.99. The van der Waals surface area contributed by atoms with Gasteiger partial charge in [-0.3, -0.25) is 0 Å². The molecule has 1 atom stereocenters. The minimum Gasteiger partial charge on any atom is -0.329 e. The van der Waals surface area contributed by atoms with Crippen LogP contribution in [0.4, 0.5) is 0 Å². The maximum atomic E-state index is 6.16. The second kappa shape index (κ2) is 6.57. The van der Waals surface area contributed by atoms with Gasteiger partial charge in [-0.1, -0.05) is 36.7 Å². The third-order valence-corrected chi connectivity index (χ3v) is 4.98. The van der Waals surface area contributed by atoms with Crippen molar-refractivity contribution in [3.63, 3.8) is 0 Å². The molecule has 0 saturated carbocycles. The Balaban J connectivity index is 2.09. The van der Waals surface area contributed by atoms with E-state index in [4.69, 9.17) is 17.3 Å². The first-order valence-corrected chi connectivity index (χ1v) is 8.02. The zero-order chi connectivity index (χ0) is 13.0. The van der Waals surface area contributed by atoms with Gasteiger partial charge < -0.3 is 5.73 Å². The molecule has 0 fully saturated rings. The predicted molar refractivity (Wildman–Crippen MR) is 82.4 cm³/mol. The molecule has 0 radical (unpaired) electrons. The number of nitrogens with two attached hydrogens (primary N) is 1. The van der Waals surface area contributed by atoms with Gasteiger partial charge in [0.15, 0.2) is 0 Å². The second-order valence-electron chi connectivity index (χ2n) is 3.98. The minimum absolute atomic E-state index is 0.468. The number of thioether (sulfide) groups is 1. The van der Waals surface area contributed by atoms with Gasteiger partial charge in [-0.05, 0) is 6.07 Å². The zero-order valence-corrected chi connectivity index (χ0v) is 12.5. The normalized spacial score (nSPS) is 12.6. The molecule has 96 valence electrons. The Hall–Kier alpha value is -0.550. The molecule has 0 aliphatic rings. The molecule has 2 nitrogen and oxygen atoms in total. The maximum absolute atomic E-state index is 6.16. The Bertz CT molecular complexity index is 513.